The topological polar surface area (TPSA) is 127 Å². The van der Waals surface area contributed by atoms with Crippen LogP contribution < -0.4 is 4.72 Å². The second-order valence-electron chi connectivity index (χ2n) is 6.63. The van der Waals surface area contributed by atoms with Crippen LogP contribution in [0.1, 0.15) is 18.4 Å². The highest BCUT2D eigenvalue weighted by molar-refractivity contribution is 7.89. The molecule has 3 rings (SSSR count). The van der Waals surface area contributed by atoms with Crippen molar-refractivity contribution in [1.82, 2.24) is 9.03 Å². The number of nitrogens with zero attached hydrogens (tertiary/aromatic N) is 2. The summed E-state index contributed by atoms with van der Waals surface area (Å²) in [6, 6.07) is 11.4. The maximum Gasteiger partial charge on any atom is 0.289 e. The molecule has 1 aliphatic heterocycles. The summed E-state index contributed by atoms with van der Waals surface area (Å²) < 4.78 is 53.6. The third-order valence-electron chi connectivity index (χ3n) is 4.68. The van der Waals surface area contributed by atoms with Crippen LogP contribution in [0.15, 0.2) is 58.3 Å². The van der Waals surface area contributed by atoms with Gasteiger partial charge in [0, 0.05) is 25.7 Å². The molecule has 9 nitrogen and oxygen atoms in total. The molecule has 0 aromatic heterocycles. The van der Waals surface area contributed by atoms with E-state index in [1.165, 1.54) is 34.6 Å². The summed E-state index contributed by atoms with van der Waals surface area (Å²) in [6.07, 6.45) is 2.03. The lowest BCUT2D eigenvalue weighted by molar-refractivity contribution is -0.387. The number of hydrogen-bond acceptors (Lipinski definition) is 6. The molecule has 1 saturated heterocycles. The van der Waals surface area contributed by atoms with Gasteiger partial charge in [0.15, 0.2) is 4.90 Å². The summed E-state index contributed by atoms with van der Waals surface area (Å²) in [5, 5.41) is 11.0. The lowest BCUT2D eigenvalue weighted by atomic mass is 10.2. The third-order valence-corrected chi connectivity index (χ3v) is 8.10. The number of rotatable bonds is 8. The summed E-state index contributed by atoms with van der Waals surface area (Å²) in [5.74, 6) is 0. The molecule has 0 atom stereocenters. The molecule has 2 aromatic rings. The second-order valence-corrected chi connectivity index (χ2v) is 10.3. The van der Waals surface area contributed by atoms with Crippen molar-refractivity contribution in [3.05, 3.63) is 64.2 Å². The normalized spacial score (nSPS) is 15.4. The zero-order valence-electron chi connectivity index (χ0n) is 15.5. The molecule has 0 aliphatic carbocycles. The van der Waals surface area contributed by atoms with Crippen molar-refractivity contribution in [2.75, 3.05) is 19.6 Å². The van der Waals surface area contributed by atoms with Crippen LogP contribution in [-0.4, -0.2) is 45.7 Å². The van der Waals surface area contributed by atoms with Crippen molar-refractivity contribution < 1.29 is 21.8 Å². The molecular weight excluding hydrogens is 418 g/mol. The van der Waals surface area contributed by atoms with Gasteiger partial charge in [-0.05, 0) is 43.0 Å². The summed E-state index contributed by atoms with van der Waals surface area (Å²) in [4.78, 5) is 10.1. The zero-order valence-corrected chi connectivity index (χ0v) is 17.2. The first-order valence-corrected chi connectivity index (χ1v) is 12.0. The molecule has 0 saturated carbocycles. The molecular formula is C18H21N3O6S2. The van der Waals surface area contributed by atoms with Crippen LogP contribution in [0.3, 0.4) is 0 Å². The monoisotopic (exact) mass is 439 g/mol. The Bertz CT molecular complexity index is 1090. The van der Waals surface area contributed by atoms with E-state index >= 15 is 0 Å². The van der Waals surface area contributed by atoms with Crippen LogP contribution in [-0.2, 0) is 26.5 Å². The van der Waals surface area contributed by atoms with Crippen LogP contribution >= 0.6 is 0 Å². The fourth-order valence-electron chi connectivity index (χ4n) is 3.15. The van der Waals surface area contributed by atoms with E-state index in [9.17, 15) is 26.9 Å². The summed E-state index contributed by atoms with van der Waals surface area (Å²) in [7, 11) is -7.53. The van der Waals surface area contributed by atoms with Crippen molar-refractivity contribution in [3.8, 4) is 0 Å². The van der Waals surface area contributed by atoms with Gasteiger partial charge in [-0.3, -0.25) is 10.1 Å². The van der Waals surface area contributed by atoms with Gasteiger partial charge >= 0.3 is 0 Å². The highest BCUT2D eigenvalue weighted by atomic mass is 32.2. The first kappa shape index (κ1) is 21.4. The van der Waals surface area contributed by atoms with E-state index in [0.717, 1.165) is 24.5 Å². The predicted octanol–water partition coefficient (Wildman–Crippen LogP) is 1.90. The van der Waals surface area contributed by atoms with Gasteiger partial charge < -0.3 is 0 Å². The van der Waals surface area contributed by atoms with Gasteiger partial charge in [-0.1, -0.05) is 24.3 Å². The van der Waals surface area contributed by atoms with E-state index in [1.54, 1.807) is 12.1 Å². The SMILES string of the molecule is O=[N+]([O-])c1ccccc1S(=O)(=O)NCCc1ccc(S(=O)(=O)N2CCCC2)cc1. The molecule has 11 heteroatoms. The molecule has 1 heterocycles. The highest BCUT2D eigenvalue weighted by Crippen LogP contribution is 2.23. The lowest BCUT2D eigenvalue weighted by Gasteiger charge is -2.15. The number of benzene rings is 2. The Morgan fingerprint density at radius 3 is 2.21 bits per heavy atom. The number of sulfonamides is 2. The Kier molecular flexibility index (Phi) is 6.32. The van der Waals surface area contributed by atoms with E-state index in [-0.39, 0.29) is 11.4 Å². The number of nitrogens with one attached hydrogen (secondary N) is 1. The lowest BCUT2D eigenvalue weighted by Crippen LogP contribution is -2.28. The van der Waals surface area contributed by atoms with Gasteiger partial charge in [0.05, 0.1) is 9.82 Å². The predicted molar refractivity (Wildman–Crippen MR) is 106 cm³/mol. The summed E-state index contributed by atoms with van der Waals surface area (Å²) in [5.41, 5.74) is 0.257. The van der Waals surface area contributed by atoms with Crippen molar-refractivity contribution in [1.29, 1.82) is 0 Å². The Balaban J connectivity index is 1.64. The van der Waals surface area contributed by atoms with Crippen molar-refractivity contribution in [2.24, 2.45) is 0 Å². The van der Waals surface area contributed by atoms with Crippen molar-refractivity contribution in [3.63, 3.8) is 0 Å². The van der Waals surface area contributed by atoms with Crippen LogP contribution in [0.4, 0.5) is 5.69 Å². The fourth-order valence-corrected chi connectivity index (χ4v) is 5.87. The van der Waals surface area contributed by atoms with Gasteiger partial charge in [0.2, 0.25) is 20.0 Å². The van der Waals surface area contributed by atoms with E-state index in [4.69, 9.17) is 0 Å². The van der Waals surface area contributed by atoms with E-state index < -0.39 is 35.6 Å². The first-order chi connectivity index (χ1) is 13.7. The molecule has 29 heavy (non-hydrogen) atoms. The van der Waals surface area contributed by atoms with Gasteiger partial charge in [0.1, 0.15) is 0 Å². The molecule has 156 valence electrons. The Morgan fingerprint density at radius 2 is 1.59 bits per heavy atom. The molecule has 2 aromatic carbocycles. The highest BCUT2D eigenvalue weighted by Gasteiger charge is 2.27. The standard InChI is InChI=1S/C18H21N3O6S2/c22-21(23)17-5-1-2-6-18(17)28(24,25)19-12-11-15-7-9-16(10-8-15)29(26,27)20-13-3-4-14-20/h1-2,5-10,19H,3-4,11-14H2. The van der Waals surface area contributed by atoms with Gasteiger partial charge in [0.25, 0.3) is 5.69 Å². The molecule has 1 N–H and O–H groups in total. The maximum absolute atomic E-state index is 12.5. The second kappa shape index (κ2) is 8.57. The Hall–Kier alpha value is -2.34. The first-order valence-electron chi connectivity index (χ1n) is 9.04. The maximum atomic E-state index is 12.5. The minimum Gasteiger partial charge on any atom is -0.258 e. The zero-order chi connectivity index (χ0) is 21.1. The summed E-state index contributed by atoms with van der Waals surface area (Å²) >= 11 is 0. The average Bonchev–Trinajstić information content (AvgIpc) is 3.24. The third kappa shape index (κ3) is 4.81. The molecule has 0 spiro atoms. The van der Waals surface area contributed by atoms with E-state index in [1.807, 2.05) is 0 Å². The van der Waals surface area contributed by atoms with Gasteiger partial charge in [-0.15, -0.1) is 0 Å². The molecule has 0 amide bonds. The summed E-state index contributed by atoms with van der Waals surface area (Å²) in [6.45, 7) is 1.07. The van der Waals surface area contributed by atoms with Crippen molar-refractivity contribution >= 4 is 25.7 Å². The minimum atomic E-state index is -4.04. The minimum absolute atomic E-state index is 0.0204. The van der Waals surface area contributed by atoms with Crippen molar-refractivity contribution in [2.45, 2.75) is 29.1 Å². The number of hydrogen-bond donors (Lipinski definition) is 1. The van der Waals surface area contributed by atoms with Crippen LogP contribution in [0.25, 0.3) is 0 Å². The molecule has 0 bridgehead atoms. The van der Waals surface area contributed by atoms with E-state index in [0.29, 0.717) is 19.5 Å². The van der Waals surface area contributed by atoms with Gasteiger partial charge in [-0.2, -0.15) is 4.31 Å². The average molecular weight is 440 g/mol. The Labute approximate surface area is 169 Å². The molecule has 1 fully saturated rings. The van der Waals surface area contributed by atoms with Crippen LogP contribution in [0.2, 0.25) is 0 Å². The Morgan fingerprint density at radius 1 is 0.966 bits per heavy atom. The van der Waals surface area contributed by atoms with Crippen LogP contribution in [0, 0.1) is 10.1 Å². The number of nitro benzene ring substituents is 1. The molecule has 0 radical (unpaired) electrons. The largest absolute Gasteiger partial charge is 0.289 e. The molecule has 1 aliphatic rings. The number of para-hydroxylation sites is 1. The smallest absolute Gasteiger partial charge is 0.258 e. The number of nitro groups is 1. The van der Waals surface area contributed by atoms with Crippen LogP contribution in [0.5, 0.6) is 0 Å². The molecule has 0 unspecified atom stereocenters. The van der Waals surface area contributed by atoms with Gasteiger partial charge in [-0.25, -0.2) is 21.6 Å². The van der Waals surface area contributed by atoms with E-state index in [2.05, 4.69) is 4.72 Å². The fraction of sp³-hybridized carbons (Fsp3) is 0.333. The quantitative estimate of drug-likeness (QED) is 0.494.